The Morgan fingerprint density at radius 2 is 1.27 bits per heavy atom. The Balaban J connectivity index is 2.94. The molecule has 1 heterocycles. The van der Waals surface area contributed by atoms with Gasteiger partial charge in [0.15, 0.2) is 0 Å². The molecule has 0 aromatic carbocycles. The molecule has 7 heteroatoms. The van der Waals surface area contributed by atoms with Crippen LogP contribution in [0.3, 0.4) is 0 Å². The van der Waals surface area contributed by atoms with Crippen molar-refractivity contribution < 1.29 is 31.1 Å². The molecule has 0 aliphatic carbocycles. The van der Waals surface area contributed by atoms with Crippen molar-refractivity contribution in [1.82, 2.24) is 0 Å². The van der Waals surface area contributed by atoms with Gasteiger partial charge in [0, 0.05) is 0 Å². The van der Waals surface area contributed by atoms with E-state index in [-0.39, 0.29) is 0 Å². The highest BCUT2D eigenvalue weighted by molar-refractivity contribution is 5.19. The average Bonchev–Trinajstić information content (AvgIpc) is 1.99. The van der Waals surface area contributed by atoms with E-state index in [0.29, 0.717) is 12.2 Å². The number of ether oxygens (including phenoxy) is 1. The first kappa shape index (κ1) is 11.9. The second-order valence-corrected chi connectivity index (χ2v) is 3.02. The van der Waals surface area contributed by atoms with Crippen LogP contribution in [0.15, 0.2) is 23.7 Å². The molecule has 1 rings (SSSR count). The molecular formula is C8H6F6O. The molecule has 0 unspecified atom stereocenters. The van der Waals surface area contributed by atoms with Crippen molar-refractivity contribution >= 4 is 0 Å². The quantitative estimate of drug-likeness (QED) is 0.580. The Morgan fingerprint density at radius 1 is 0.933 bits per heavy atom. The maximum Gasteiger partial charge on any atom is 0.449 e. The average molecular weight is 232 g/mol. The molecule has 0 bridgehead atoms. The van der Waals surface area contributed by atoms with Gasteiger partial charge in [0.25, 0.3) is 0 Å². The molecule has 0 atom stereocenters. The van der Waals surface area contributed by atoms with E-state index >= 15 is 0 Å². The Morgan fingerprint density at radius 3 is 1.53 bits per heavy atom. The number of halogens is 6. The third kappa shape index (κ3) is 2.90. The molecule has 0 fully saturated rings. The van der Waals surface area contributed by atoms with Gasteiger partial charge in [-0.15, -0.1) is 0 Å². The molecular weight excluding hydrogens is 226 g/mol. The lowest BCUT2D eigenvalue weighted by atomic mass is 10.1. The van der Waals surface area contributed by atoms with Gasteiger partial charge in [-0.2, -0.15) is 26.3 Å². The van der Waals surface area contributed by atoms with Crippen molar-refractivity contribution in [2.24, 2.45) is 5.92 Å². The molecule has 0 radical (unpaired) electrons. The van der Waals surface area contributed by atoms with Gasteiger partial charge in [0.1, 0.15) is 0 Å². The van der Waals surface area contributed by atoms with Gasteiger partial charge < -0.3 is 4.74 Å². The van der Waals surface area contributed by atoms with E-state index in [2.05, 4.69) is 4.74 Å². The van der Waals surface area contributed by atoms with Crippen LogP contribution in [0.25, 0.3) is 0 Å². The summed E-state index contributed by atoms with van der Waals surface area (Å²) in [5.41, 5.74) is 0. The summed E-state index contributed by atoms with van der Waals surface area (Å²) in [5, 5.41) is 0. The number of allylic oxidation sites excluding steroid dienone is 4. The van der Waals surface area contributed by atoms with Crippen molar-refractivity contribution in [3.63, 3.8) is 0 Å². The van der Waals surface area contributed by atoms with Gasteiger partial charge in [-0.3, -0.25) is 0 Å². The van der Waals surface area contributed by atoms with Crippen LogP contribution in [-0.2, 0) is 4.74 Å². The van der Waals surface area contributed by atoms with Crippen LogP contribution < -0.4 is 0 Å². The first-order valence-electron chi connectivity index (χ1n) is 3.86. The van der Waals surface area contributed by atoms with Crippen molar-refractivity contribution in [2.45, 2.75) is 19.3 Å². The lowest BCUT2D eigenvalue weighted by Gasteiger charge is -2.22. The van der Waals surface area contributed by atoms with Crippen LogP contribution in [0.4, 0.5) is 26.3 Å². The minimum atomic E-state index is -4.90. The number of rotatable bonds is 0. The van der Waals surface area contributed by atoms with E-state index in [1.54, 1.807) is 0 Å². The topological polar surface area (TPSA) is 9.23 Å². The number of alkyl halides is 6. The smallest absolute Gasteiger partial charge is 0.448 e. The highest BCUT2D eigenvalue weighted by Crippen LogP contribution is 2.38. The minimum absolute atomic E-state index is 0.592. The number of hydrogen-bond acceptors (Lipinski definition) is 1. The third-order valence-corrected chi connectivity index (χ3v) is 1.61. The van der Waals surface area contributed by atoms with Gasteiger partial charge in [0.2, 0.25) is 11.5 Å². The van der Waals surface area contributed by atoms with Gasteiger partial charge in [-0.1, -0.05) is 6.92 Å². The molecule has 0 aromatic rings. The number of hydrogen-bond donors (Lipinski definition) is 0. The van der Waals surface area contributed by atoms with Crippen molar-refractivity contribution in [3.05, 3.63) is 23.7 Å². The summed E-state index contributed by atoms with van der Waals surface area (Å²) in [4.78, 5) is 0. The summed E-state index contributed by atoms with van der Waals surface area (Å²) in [6, 6.07) is 0. The predicted molar refractivity (Wildman–Crippen MR) is 38.5 cm³/mol. The molecule has 15 heavy (non-hydrogen) atoms. The Bertz CT molecular complexity index is 278. The maximum atomic E-state index is 12.1. The Kier molecular flexibility index (Phi) is 2.75. The Hall–Kier alpha value is -1.14. The van der Waals surface area contributed by atoms with Crippen LogP contribution in [-0.4, -0.2) is 12.4 Å². The molecule has 1 aliphatic heterocycles. The fraction of sp³-hybridized carbons (Fsp3) is 0.500. The van der Waals surface area contributed by atoms with Gasteiger partial charge in [0.05, 0.1) is 0 Å². The van der Waals surface area contributed by atoms with E-state index in [1.807, 2.05) is 0 Å². The molecule has 0 N–H and O–H groups in total. The van der Waals surface area contributed by atoms with Crippen molar-refractivity contribution in [1.29, 1.82) is 0 Å². The van der Waals surface area contributed by atoms with E-state index < -0.39 is 29.8 Å². The van der Waals surface area contributed by atoms with Crippen LogP contribution in [0.1, 0.15) is 6.92 Å². The second kappa shape index (κ2) is 3.46. The summed E-state index contributed by atoms with van der Waals surface area (Å²) in [6.07, 6.45) is -8.62. The standard InChI is InChI=1S/C8H6F6O/c1-4-2-5(7(9,10)11)15-6(3-4)8(12,13)14/h2-4H,1H3. The first-order valence-corrected chi connectivity index (χ1v) is 3.86. The third-order valence-electron chi connectivity index (χ3n) is 1.61. The van der Waals surface area contributed by atoms with E-state index in [0.717, 1.165) is 0 Å². The summed E-state index contributed by atoms with van der Waals surface area (Å²) in [7, 11) is 0. The van der Waals surface area contributed by atoms with Crippen LogP contribution in [0.5, 0.6) is 0 Å². The molecule has 1 aliphatic rings. The normalized spacial score (nSPS) is 19.4. The van der Waals surface area contributed by atoms with Crippen molar-refractivity contribution in [2.75, 3.05) is 0 Å². The summed E-state index contributed by atoms with van der Waals surface area (Å²) >= 11 is 0. The molecule has 0 saturated heterocycles. The lowest BCUT2D eigenvalue weighted by molar-refractivity contribution is -0.159. The highest BCUT2D eigenvalue weighted by atomic mass is 19.4. The highest BCUT2D eigenvalue weighted by Gasteiger charge is 2.44. The van der Waals surface area contributed by atoms with E-state index in [9.17, 15) is 26.3 Å². The fourth-order valence-electron chi connectivity index (χ4n) is 1.02. The molecule has 1 nitrogen and oxygen atoms in total. The zero-order valence-electron chi connectivity index (χ0n) is 7.41. The largest absolute Gasteiger partial charge is 0.449 e. The molecule has 86 valence electrons. The summed E-state index contributed by atoms with van der Waals surface area (Å²) < 4.78 is 76.3. The summed E-state index contributed by atoms with van der Waals surface area (Å²) in [6.45, 7) is 1.21. The molecule has 0 aromatic heterocycles. The first-order chi connectivity index (χ1) is 6.60. The Labute approximate surface area is 81.0 Å². The van der Waals surface area contributed by atoms with Crippen LogP contribution in [0, 0.1) is 5.92 Å². The molecule has 0 saturated carbocycles. The van der Waals surface area contributed by atoms with Crippen molar-refractivity contribution in [3.8, 4) is 0 Å². The SMILES string of the molecule is CC1C=C(C(F)(F)F)OC(C(F)(F)F)=C1. The zero-order chi connectivity index (χ0) is 11.9. The molecule has 0 amide bonds. The van der Waals surface area contributed by atoms with Crippen LogP contribution >= 0.6 is 0 Å². The van der Waals surface area contributed by atoms with E-state index in [1.165, 1.54) is 6.92 Å². The van der Waals surface area contributed by atoms with Gasteiger partial charge >= 0.3 is 12.4 Å². The van der Waals surface area contributed by atoms with Gasteiger partial charge in [-0.25, -0.2) is 0 Å². The second-order valence-electron chi connectivity index (χ2n) is 3.02. The lowest BCUT2D eigenvalue weighted by Crippen LogP contribution is -2.24. The summed E-state index contributed by atoms with van der Waals surface area (Å²) in [5.74, 6) is -4.21. The fourth-order valence-corrected chi connectivity index (χ4v) is 1.02. The van der Waals surface area contributed by atoms with Crippen LogP contribution in [0.2, 0.25) is 0 Å². The minimum Gasteiger partial charge on any atom is -0.448 e. The molecule has 0 spiro atoms. The maximum absolute atomic E-state index is 12.1. The predicted octanol–water partition coefficient (Wildman–Crippen LogP) is 3.55. The van der Waals surface area contributed by atoms with Gasteiger partial charge in [-0.05, 0) is 18.1 Å². The monoisotopic (exact) mass is 232 g/mol. The zero-order valence-corrected chi connectivity index (χ0v) is 7.41. The van der Waals surface area contributed by atoms with E-state index in [4.69, 9.17) is 0 Å².